The van der Waals surface area contributed by atoms with Crippen molar-refractivity contribution in [1.29, 1.82) is 0 Å². The van der Waals surface area contributed by atoms with Crippen LogP contribution < -0.4 is 9.47 Å². The first-order chi connectivity index (χ1) is 9.35. The Balaban J connectivity index is 1.92. The van der Waals surface area contributed by atoms with Gasteiger partial charge in [-0.1, -0.05) is 12.1 Å². The van der Waals surface area contributed by atoms with E-state index >= 15 is 0 Å². The fraction of sp³-hybridized carbons (Fsp3) is 0.357. The smallest absolute Gasteiger partial charge is 0.161 e. The van der Waals surface area contributed by atoms with Crippen molar-refractivity contribution in [3.63, 3.8) is 0 Å². The Morgan fingerprint density at radius 1 is 1.21 bits per heavy atom. The Bertz CT molecular complexity index is 514. The van der Waals surface area contributed by atoms with E-state index < -0.39 is 0 Å². The molecule has 1 heterocycles. The number of nitrogens with zero attached hydrogens (tertiary/aromatic N) is 2. The predicted octanol–water partition coefficient (Wildman–Crippen LogP) is 3.10. The van der Waals surface area contributed by atoms with E-state index in [9.17, 15) is 0 Å². The molecular formula is C14H17ClN2O2. The van der Waals surface area contributed by atoms with E-state index in [1.807, 2.05) is 42.0 Å². The van der Waals surface area contributed by atoms with Gasteiger partial charge in [0, 0.05) is 12.4 Å². The number of aromatic nitrogens is 2. The first-order valence-electron chi connectivity index (χ1n) is 6.25. The highest BCUT2D eigenvalue weighted by Gasteiger charge is 2.04. The summed E-state index contributed by atoms with van der Waals surface area (Å²) in [5.74, 6) is 2.79. The zero-order valence-electron chi connectivity index (χ0n) is 10.9. The molecule has 0 N–H and O–H groups in total. The fourth-order valence-corrected chi connectivity index (χ4v) is 2.00. The molecule has 4 nitrogen and oxygen atoms in total. The number of rotatable bonds is 7. The molecule has 0 unspecified atom stereocenters. The molecule has 0 saturated heterocycles. The Hall–Kier alpha value is -1.68. The number of hydrogen-bond acceptors (Lipinski definition) is 3. The molecule has 102 valence electrons. The minimum absolute atomic E-state index is 0.405. The quantitative estimate of drug-likeness (QED) is 0.731. The molecular weight excluding hydrogens is 264 g/mol. The van der Waals surface area contributed by atoms with Crippen LogP contribution in [0.15, 0.2) is 36.7 Å². The molecule has 0 aliphatic carbocycles. The molecule has 0 amide bonds. The van der Waals surface area contributed by atoms with Gasteiger partial charge in [-0.15, -0.1) is 11.6 Å². The van der Waals surface area contributed by atoms with Crippen LogP contribution in [0.4, 0.5) is 0 Å². The van der Waals surface area contributed by atoms with Crippen molar-refractivity contribution < 1.29 is 9.47 Å². The lowest BCUT2D eigenvalue weighted by molar-refractivity contribution is 0.265. The van der Waals surface area contributed by atoms with Crippen LogP contribution in [0.2, 0.25) is 0 Å². The minimum Gasteiger partial charge on any atom is -0.490 e. The first kappa shape index (κ1) is 13.7. The van der Waals surface area contributed by atoms with Crippen LogP contribution in [-0.4, -0.2) is 22.8 Å². The highest BCUT2D eigenvalue weighted by molar-refractivity contribution is 6.16. The maximum atomic E-state index is 5.79. The monoisotopic (exact) mass is 280 g/mol. The van der Waals surface area contributed by atoms with Crippen LogP contribution in [0.5, 0.6) is 11.5 Å². The highest BCUT2D eigenvalue weighted by atomic mass is 35.5. The molecule has 1 aromatic carbocycles. The number of para-hydroxylation sites is 2. The summed E-state index contributed by atoms with van der Waals surface area (Å²) >= 11 is 5.79. The highest BCUT2D eigenvalue weighted by Crippen LogP contribution is 2.26. The van der Waals surface area contributed by atoms with Crippen molar-refractivity contribution in [3.8, 4) is 11.5 Å². The Morgan fingerprint density at radius 2 is 1.95 bits per heavy atom. The average Bonchev–Trinajstić information content (AvgIpc) is 2.88. The van der Waals surface area contributed by atoms with E-state index in [1.165, 1.54) is 0 Å². The second kappa shape index (κ2) is 7.04. The van der Waals surface area contributed by atoms with E-state index in [0.717, 1.165) is 17.3 Å². The molecule has 0 fully saturated rings. The van der Waals surface area contributed by atoms with Crippen LogP contribution in [0.1, 0.15) is 12.7 Å². The number of imidazole rings is 1. The van der Waals surface area contributed by atoms with Crippen LogP contribution >= 0.6 is 11.6 Å². The Kier molecular flexibility index (Phi) is 5.10. The number of ether oxygens (including phenoxy) is 2. The van der Waals surface area contributed by atoms with Gasteiger partial charge in [-0.05, 0) is 19.1 Å². The number of hydrogen-bond donors (Lipinski definition) is 0. The van der Waals surface area contributed by atoms with E-state index in [4.69, 9.17) is 21.1 Å². The molecule has 0 bridgehead atoms. The Labute approximate surface area is 117 Å². The third-order valence-corrected chi connectivity index (χ3v) is 2.90. The van der Waals surface area contributed by atoms with E-state index in [0.29, 0.717) is 25.6 Å². The summed E-state index contributed by atoms with van der Waals surface area (Å²) < 4.78 is 13.2. The largest absolute Gasteiger partial charge is 0.490 e. The third kappa shape index (κ3) is 3.64. The number of alkyl halides is 1. The molecule has 2 aromatic rings. The van der Waals surface area contributed by atoms with Gasteiger partial charge in [0.05, 0.1) is 19.0 Å². The van der Waals surface area contributed by atoms with Gasteiger partial charge in [0.25, 0.3) is 0 Å². The molecule has 0 aliphatic heterocycles. The number of halogens is 1. The van der Waals surface area contributed by atoms with Crippen LogP contribution in [0.25, 0.3) is 0 Å². The third-order valence-electron chi connectivity index (χ3n) is 2.66. The minimum atomic E-state index is 0.405. The van der Waals surface area contributed by atoms with Crippen molar-refractivity contribution >= 4 is 11.6 Å². The standard InChI is InChI=1S/C14H17ClN2O2/c1-2-18-12-5-3-4-6-13(12)19-10-9-17-8-7-16-14(17)11-15/h3-8H,2,9-11H2,1H3. The van der Waals surface area contributed by atoms with Crippen LogP contribution in [0.3, 0.4) is 0 Å². The maximum Gasteiger partial charge on any atom is 0.161 e. The summed E-state index contributed by atoms with van der Waals surface area (Å²) in [6, 6.07) is 7.67. The topological polar surface area (TPSA) is 36.3 Å². The van der Waals surface area contributed by atoms with Gasteiger partial charge in [0.15, 0.2) is 11.5 Å². The van der Waals surface area contributed by atoms with Gasteiger partial charge in [-0.3, -0.25) is 0 Å². The molecule has 1 aromatic heterocycles. The second-order valence-electron chi connectivity index (χ2n) is 3.90. The lowest BCUT2D eigenvalue weighted by atomic mass is 10.3. The Morgan fingerprint density at radius 3 is 2.63 bits per heavy atom. The zero-order chi connectivity index (χ0) is 13.5. The maximum absolute atomic E-state index is 5.79. The van der Waals surface area contributed by atoms with Crippen molar-refractivity contribution in [2.75, 3.05) is 13.2 Å². The molecule has 0 spiro atoms. The predicted molar refractivity (Wildman–Crippen MR) is 74.9 cm³/mol. The molecule has 5 heteroatoms. The summed E-state index contributed by atoms with van der Waals surface area (Å²) in [6.07, 6.45) is 3.64. The zero-order valence-corrected chi connectivity index (χ0v) is 11.6. The van der Waals surface area contributed by atoms with Crippen LogP contribution in [0, 0.1) is 0 Å². The van der Waals surface area contributed by atoms with Gasteiger partial charge < -0.3 is 14.0 Å². The molecule has 0 radical (unpaired) electrons. The summed E-state index contributed by atoms with van der Waals surface area (Å²) in [5.41, 5.74) is 0. The van der Waals surface area contributed by atoms with Crippen molar-refractivity contribution in [3.05, 3.63) is 42.5 Å². The normalized spacial score (nSPS) is 10.4. The SMILES string of the molecule is CCOc1ccccc1OCCn1ccnc1CCl. The van der Waals surface area contributed by atoms with E-state index in [-0.39, 0.29) is 0 Å². The molecule has 0 aliphatic rings. The lowest BCUT2D eigenvalue weighted by Gasteiger charge is -2.12. The van der Waals surface area contributed by atoms with Crippen molar-refractivity contribution in [2.45, 2.75) is 19.3 Å². The van der Waals surface area contributed by atoms with Crippen LogP contribution in [-0.2, 0) is 12.4 Å². The van der Waals surface area contributed by atoms with Crippen molar-refractivity contribution in [1.82, 2.24) is 9.55 Å². The summed E-state index contributed by atoms with van der Waals surface area (Å²) in [7, 11) is 0. The molecule has 0 atom stereocenters. The molecule has 19 heavy (non-hydrogen) atoms. The van der Waals surface area contributed by atoms with Gasteiger partial charge in [-0.25, -0.2) is 4.98 Å². The lowest BCUT2D eigenvalue weighted by Crippen LogP contribution is -2.10. The number of benzene rings is 1. The van der Waals surface area contributed by atoms with E-state index in [2.05, 4.69) is 4.98 Å². The average molecular weight is 281 g/mol. The van der Waals surface area contributed by atoms with Gasteiger partial charge in [0.2, 0.25) is 0 Å². The first-order valence-corrected chi connectivity index (χ1v) is 6.79. The van der Waals surface area contributed by atoms with Gasteiger partial charge in [0.1, 0.15) is 12.4 Å². The fourth-order valence-electron chi connectivity index (χ4n) is 1.77. The summed E-state index contributed by atoms with van der Waals surface area (Å²) in [6.45, 7) is 3.83. The van der Waals surface area contributed by atoms with Crippen molar-refractivity contribution in [2.24, 2.45) is 0 Å². The summed E-state index contributed by atoms with van der Waals surface area (Å²) in [4.78, 5) is 4.16. The molecule has 2 rings (SSSR count). The van der Waals surface area contributed by atoms with Gasteiger partial charge in [-0.2, -0.15) is 0 Å². The van der Waals surface area contributed by atoms with Gasteiger partial charge >= 0.3 is 0 Å². The van der Waals surface area contributed by atoms with E-state index in [1.54, 1.807) is 6.20 Å². The molecule has 0 saturated carbocycles. The second-order valence-corrected chi connectivity index (χ2v) is 4.17. The summed E-state index contributed by atoms with van der Waals surface area (Å²) in [5, 5.41) is 0.